The van der Waals surface area contributed by atoms with Crippen LogP contribution in [0.4, 0.5) is 5.82 Å². The molecule has 158 valence electrons. The maximum atomic E-state index is 5.49. The van der Waals surface area contributed by atoms with Crippen molar-refractivity contribution >= 4 is 16.7 Å². The van der Waals surface area contributed by atoms with E-state index in [0.717, 1.165) is 51.5 Å². The zero-order valence-electron chi connectivity index (χ0n) is 17.9. The minimum absolute atomic E-state index is 0.669. The van der Waals surface area contributed by atoms with Crippen molar-refractivity contribution in [3.05, 3.63) is 72.3 Å². The molecule has 0 amide bonds. The number of ether oxygens (including phenoxy) is 3. The Morgan fingerprint density at radius 1 is 0.774 bits per heavy atom. The van der Waals surface area contributed by atoms with Crippen LogP contribution < -0.4 is 19.5 Å². The average molecular weight is 415 g/mol. The van der Waals surface area contributed by atoms with Gasteiger partial charge in [0.05, 0.1) is 26.8 Å². The highest BCUT2D eigenvalue weighted by atomic mass is 16.5. The molecule has 0 atom stereocenters. The molecule has 6 nitrogen and oxygen atoms in total. The second-order valence-corrected chi connectivity index (χ2v) is 7.00. The summed E-state index contributed by atoms with van der Waals surface area (Å²) < 4.78 is 16.1. The third-order valence-corrected chi connectivity index (χ3v) is 5.13. The van der Waals surface area contributed by atoms with Gasteiger partial charge < -0.3 is 19.5 Å². The summed E-state index contributed by atoms with van der Waals surface area (Å²) in [7, 11) is 5.00. The van der Waals surface area contributed by atoms with Gasteiger partial charge in [-0.1, -0.05) is 12.1 Å². The predicted molar refractivity (Wildman–Crippen MR) is 123 cm³/mol. The van der Waals surface area contributed by atoms with Gasteiger partial charge in [0.2, 0.25) is 0 Å². The van der Waals surface area contributed by atoms with E-state index in [-0.39, 0.29) is 0 Å². The van der Waals surface area contributed by atoms with E-state index < -0.39 is 0 Å². The van der Waals surface area contributed by atoms with E-state index in [0.29, 0.717) is 12.4 Å². The number of aromatic nitrogens is 2. The molecule has 0 saturated carbocycles. The first-order chi connectivity index (χ1) is 15.2. The number of hydrogen-bond acceptors (Lipinski definition) is 6. The number of anilines is 1. The fourth-order valence-corrected chi connectivity index (χ4v) is 3.47. The Balaban J connectivity index is 1.61. The third kappa shape index (κ3) is 4.53. The van der Waals surface area contributed by atoms with Crippen LogP contribution in [-0.4, -0.2) is 37.8 Å². The topological polar surface area (TPSA) is 65.5 Å². The van der Waals surface area contributed by atoms with Crippen LogP contribution in [0.25, 0.3) is 22.3 Å². The van der Waals surface area contributed by atoms with Gasteiger partial charge in [0, 0.05) is 17.5 Å². The van der Waals surface area contributed by atoms with E-state index in [1.54, 1.807) is 21.3 Å². The minimum Gasteiger partial charge on any atom is -0.497 e. The highest BCUT2D eigenvalue weighted by Gasteiger charge is 2.10. The predicted octanol–water partition coefficient (Wildman–Crippen LogP) is 4.98. The van der Waals surface area contributed by atoms with Crippen LogP contribution >= 0.6 is 0 Å². The number of methoxy groups -OCH3 is 3. The smallest absolute Gasteiger partial charge is 0.162 e. The van der Waals surface area contributed by atoms with Crippen LogP contribution in [0.2, 0.25) is 0 Å². The van der Waals surface area contributed by atoms with Crippen molar-refractivity contribution in [3.8, 4) is 28.6 Å². The lowest BCUT2D eigenvalue weighted by molar-refractivity contribution is 0.399. The summed E-state index contributed by atoms with van der Waals surface area (Å²) in [6.45, 7) is 0.687. The SMILES string of the molecule is COc1ccc(-c2nc(NCCc3cc(OC)ccc3OC)c3ccccc3n2)cc1. The van der Waals surface area contributed by atoms with Gasteiger partial charge >= 0.3 is 0 Å². The Bertz CT molecular complexity index is 1180. The number of nitrogens with zero attached hydrogens (tertiary/aromatic N) is 2. The van der Waals surface area contributed by atoms with Gasteiger partial charge in [0.25, 0.3) is 0 Å². The molecule has 0 unspecified atom stereocenters. The maximum absolute atomic E-state index is 5.49. The largest absolute Gasteiger partial charge is 0.497 e. The first-order valence-electron chi connectivity index (χ1n) is 10.1. The summed E-state index contributed by atoms with van der Waals surface area (Å²) >= 11 is 0. The summed E-state index contributed by atoms with van der Waals surface area (Å²) in [6.07, 6.45) is 0.760. The Labute approximate surface area is 181 Å². The van der Waals surface area contributed by atoms with Crippen molar-refractivity contribution in [1.82, 2.24) is 9.97 Å². The summed E-state index contributed by atoms with van der Waals surface area (Å²) in [5.41, 5.74) is 2.90. The van der Waals surface area contributed by atoms with E-state index in [4.69, 9.17) is 24.2 Å². The van der Waals surface area contributed by atoms with Gasteiger partial charge in [0.1, 0.15) is 23.1 Å². The minimum atomic E-state index is 0.669. The molecule has 0 aliphatic carbocycles. The van der Waals surface area contributed by atoms with E-state index in [1.165, 1.54) is 0 Å². The number of rotatable bonds is 8. The van der Waals surface area contributed by atoms with Crippen LogP contribution in [0, 0.1) is 0 Å². The Morgan fingerprint density at radius 2 is 1.52 bits per heavy atom. The van der Waals surface area contributed by atoms with Crippen LogP contribution in [0.15, 0.2) is 66.7 Å². The molecule has 0 saturated heterocycles. The fraction of sp³-hybridized carbons (Fsp3) is 0.200. The molecule has 1 heterocycles. The van der Waals surface area contributed by atoms with Crippen molar-refractivity contribution in [2.45, 2.75) is 6.42 Å². The van der Waals surface area contributed by atoms with Crippen molar-refractivity contribution in [2.24, 2.45) is 0 Å². The third-order valence-electron chi connectivity index (χ3n) is 5.13. The van der Waals surface area contributed by atoms with E-state index in [2.05, 4.69) is 5.32 Å². The van der Waals surface area contributed by atoms with Crippen LogP contribution in [-0.2, 0) is 6.42 Å². The highest BCUT2D eigenvalue weighted by Crippen LogP contribution is 2.27. The second kappa shape index (κ2) is 9.34. The summed E-state index contributed by atoms with van der Waals surface area (Å²) in [6, 6.07) is 21.6. The highest BCUT2D eigenvalue weighted by molar-refractivity contribution is 5.90. The molecule has 4 aromatic rings. The van der Waals surface area contributed by atoms with Gasteiger partial charge in [-0.2, -0.15) is 0 Å². The molecule has 0 fully saturated rings. The molecule has 6 heteroatoms. The molecular formula is C25H25N3O3. The standard InChI is InChI=1S/C25H25N3O3/c1-29-19-10-8-17(9-11-19)24-27-22-7-5-4-6-21(22)25(28-24)26-15-14-18-16-20(30-2)12-13-23(18)31-3/h4-13,16H,14-15H2,1-3H3,(H,26,27,28). The number of fused-ring (bicyclic) bond motifs is 1. The van der Waals surface area contributed by atoms with Crippen molar-refractivity contribution in [3.63, 3.8) is 0 Å². The van der Waals surface area contributed by atoms with Gasteiger partial charge in [0.15, 0.2) is 5.82 Å². The molecule has 0 spiro atoms. The van der Waals surface area contributed by atoms with E-state index >= 15 is 0 Å². The van der Waals surface area contributed by atoms with Crippen molar-refractivity contribution in [2.75, 3.05) is 33.2 Å². The fourth-order valence-electron chi connectivity index (χ4n) is 3.47. The van der Waals surface area contributed by atoms with Crippen molar-refractivity contribution in [1.29, 1.82) is 0 Å². The molecule has 31 heavy (non-hydrogen) atoms. The molecule has 0 aliphatic rings. The van der Waals surface area contributed by atoms with Crippen molar-refractivity contribution < 1.29 is 14.2 Å². The number of nitrogens with one attached hydrogen (secondary N) is 1. The number of hydrogen-bond donors (Lipinski definition) is 1. The Hall–Kier alpha value is -3.80. The summed E-state index contributed by atoms with van der Waals surface area (Å²) in [4.78, 5) is 9.56. The van der Waals surface area contributed by atoms with Crippen LogP contribution in [0.5, 0.6) is 17.2 Å². The van der Waals surface area contributed by atoms with E-state index in [9.17, 15) is 0 Å². The first kappa shape index (κ1) is 20.5. The molecule has 3 aromatic carbocycles. The molecular weight excluding hydrogens is 390 g/mol. The molecule has 1 aromatic heterocycles. The molecule has 4 rings (SSSR count). The van der Waals surface area contributed by atoms with Gasteiger partial charge in [-0.3, -0.25) is 0 Å². The van der Waals surface area contributed by atoms with Gasteiger partial charge in [-0.05, 0) is 66.6 Å². The monoisotopic (exact) mass is 415 g/mol. The molecule has 0 radical (unpaired) electrons. The average Bonchev–Trinajstić information content (AvgIpc) is 2.83. The zero-order valence-corrected chi connectivity index (χ0v) is 17.9. The second-order valence-electron chi connectivity index (χ2n) is 7.00. The number of benzene rings is 3. The van der Waals surface area contributed by atoms with Crippen LogP contribution in [0.1, 0.15) is 5.56 Å². The Morgan fingerprint density at radius 3 is 2.26 bits per heavy atom. The lowest BCUT2D eigenvalue weighted by atomic mass is 10.1. The lowest BCUT2D eigenvalue weighted by Gasteiger charge is -2.13. The zero-order chi connectivity index (χ0) is 21.6. The molecule has 1 N–H and O–H groups in total. The summed E-state index contributed by atoms with van der Waals surface area (Å²) in [5, 5.41) is 4.47. The van der Waals surface area contributed by atoms with Crippen LogP contribution in [0.3, 0.4) is 0 Å². The number of para-hydroxylation sites is 1. The normalized spacial score (nSPS) is 10.7. The molecule has 0 bridgehead atoms. The Kier molecular flexibility index (Phi) is 6.17. The maximum Gasteiger partial charge on any atom is 0.162 e. The lowest BCUT2D eigenvalue weighted by Crippen LogP contribution is -2.09. The quantitative estimate of drug-likeness (QED) is 0.438. The molecule has 0 aliphatic heterocycles. The first-order valence-corrected chi connectivity index (χ1v) is 10.1. The van der Waals surface area contributed by atoms with Gasteiger partial charge in [-0.25, -0.2) is 9.97 Å². The van der Waals surface area contributed by atoms with Gasteiger partial charge in [-0.15, -0.1) is 0 Å². The summed E-state index contributed by atoms with van der Waals surface area (Å²) in [5.74, 6) is 3.93. The van der Waals surface area contributed by atoms with E-state index in [1.807, 2.05) is 66.7 Å².